The molecular formula is C51H33N3S. The van der Waals surface area contributed by atoms with Crippen molar-refractivity contribution in [3.63, 3.8) is 0 Å². The monoisotopic (exact) mass is 719 g/mol. The maximum absolute atomic E-state index is 5.35. The van der Waals surface area contributed by atoms with Crippen LogP contribution in [0.2, 0.25) is 0 Å². The van der Waals surface area contributed by atoms with E-state index in [-0.39, 0.29) is 0 Å². The molecule has 2 aromatic heterocycles. The Morgan fingerprint density at radius 2 is 1.04 bits per heavy atom. The van der Waals surface area contributed by atoms with E-state index in [1.54, 1.807) is 11.3 Å². The number of allylic oxidation sites excluding steroid dienone is 2. The highest BCUT2D eigenvalue weighted by atomic mass is 32.1. The number of hydrogen-bond donors (Lipinski definition) is 0. The van der Waals surface area contributed by atoms with Crippen molar-refractivity contribution in [2.24, 2.45) is 0 Å². The number of rotatable bonds is 4. The van der Waals surface area contributed by atoms with Crippen molar-refractivity contribution in [2.45, 2.75) is 12.3 Å². The Morgan fingerprint density at radius 3 is 1.73 bits per heavy atom. The summed E-state index contributed by atoms with van der Waals surface area (Å²) in [4.78, 5) is 15.8. The van der Waals surface area contributed by atoms with Gasteiger partial charge >= 0.3 is 0 Å². The molecule has 2 aliphatic rings. The Hall–Kier alpha value is -6.75. The van der Waals surface area contributed by atoms with Crippen LogP contribution in [-0.2, 0) is 5.41 Å². The Balaban J connectivity index is 1.22. The molecule has 0 saturated heterocycles. The van der Waals surface area contributed by atoms with Gasteiger partial charge in [-0.3, -0.25) is 0 Å². The molecule has 258 valence electrons. The summed E-state index contributed by atoms with van der Waals surface area (Å²) in [6.07, 6.45) is 6.24. The highest BCUT2D eigenvalue weighted by Crippen LogP contribution is 2.62. The molecule has 0 aliphatic heterocycles. The number of thiophene rings is 1. The Bertz CT molecular complexity index is 3150. The van der Waals surface area contributed by atoms with Crippen molar-refractivity contribution < 1.29 is 0 Å². The van der Waals surface area contributed by atoms with Crippen molar-refractivity contribution in [1.29, 1.82) is 0 Å². The van der Waals surface area contributed by atoms with Crippen LogP contribution in [0.25, 0.3) is 89.9 Å². The molecule has 55 heavy (non-hydrogen) atoms. The summed E-state index contributed by atoms with van der Waals surface area (Å²) in [5, 5.41) is 4.42. The smallest absolute Gasteiger partial charge is 0.164 e. The minimum atomic E-state index is -0.477. The van der Waals surface area contributed by atoms with Crippen LogP contribution >= 0.6 is 11.3 Å². The maximum atomic E-state index is 5.35. The van der Waals surface area contributed by atoms with Crippen LogP contribution < -0.4 is 9.75 Å². The van der Waals surface area contributed by atoms with Gasteiger partial charge in [0.1, 0.15) is 0 Å². The number of nitrogens with zero attached hydrogens (tertiary/aromatic N) is 3. The van der Waals surface area contributed by atoms with Crippen LogP contribution in [-0.4, -0.2) is 15.0 Å². The summed E-state index contributed by atoms with van der Waals surface area (Å²) in [7, 11) is 0. The Morgan fingerprint density at radius 1 is 0.491 bits per heavy atom. The van der Waals surface area contributed by atoms with Crippen molar-refractivity contribution in [3.8, 4) is 56.4 Å². The van der Waals surface area contributed by atoms with Crippen molar-refractivity contribution in [3.05, 3.63) is 196 Å². The average molecular weight is 720 g/mol. The lowest BCUT2D eigenvalue weighted by Gasteiger charge is -2.40. The minimum absolute atomic E-state index is 0.477. The summed E-state index contributed by atoms with van der Waals surface area (Å²) >= 11 is 1.74. The van der Waals surface area contributed by atoms with Crippen LogP contribution in [0.5, 0.6) is 0 Å². The molecule has 0 radical (unpaired) electrons. The van der Waals surface area contributed by atoms with Gasteiger partial charge < -0.3 is 0 Å². The quantitative estimate of drug-likeness (QED) is 0.182. The van der Waals surface area contributed by atoms with E-state index in [2.05, 4.69) is 152 Å². The van der Waals surface area contributed by atoms with E-state index >= 15 is 0 Å². The van der Waals surface area contributed by atoms with Gasteiger partial charge in [0.25, 0.3) is 0 Å². The molecule has 0 fully saturated rings. The zero-order valence-electron chi connectivity index (χ0n) is 30.1. The number of benzene rings is 7. The number of aromatic nitrogens is 3. The van der Waals surface area contributed by atoms with Gasteiger partial charge in [-0.2, -0.15) is 0 Å². The highest BCUT2D eigenvalue weighted by Gasteiger charge is 2.49. The topological polar surface area (TPSA) is 38.7 Å². The fraction of sp³-hybridized carbons (Fsp3) is 0.0392. The van der Waals surface area contributed by atoms with E-state index in [4.69, 9.17) is 15.0 Å². The first-order chi connectivity index (χ1) is 27.2. The molecule has 0 amide bonds. The van der Waals surface area contributed by atoms with Gasteiger partial charge in [0.2, 0.25) is 0 Å². The van der Waals surface area contributed by atoms with Gasteiger partial charge in [-0.1, -0.05) is 158 Å². The van der Waals surface area contributed by atoms with E-state index in [1.165, 1.54) is 49.9 Å². The lowest BCUT2D eigenvalue weighted by molar-refractivity contribution is 0.773. The van der Waals surface area contributed by atoms with Gasteiger partial charge in [-0.05, 0) is 85.6 Å². The number of fused-ring (bicyclic) bond motifs is 10. The molecule has 0 unspecified atom stereocenters. The van der Waals surface area contributed by atoms with E-state index in [0.29, 0.717) is 17.5 Å². The molecule has 1 spiro atoms. The SMILES string of the molecule is C=c1/c(=C\C=C/C)sc2cccc(-c3nc(-c4ccccc4)nc(-c4ccc5c6c(cccc46)C4(c6ccccc6-c6ccccc64)c4ccccc4-5)n3)c12. The fourth-order valence-electron chi connectivity index (χ4n) is 9.21. The second-order valence-electron chi connectivity index (χ2n) is 14.3. The lowest BCUT2D eigenvalue weighted by atomic mass is 9.61. The molecule has 2 heterocycles. The molecule has 11 rings (SSSR count). The van der Waals surface area contributed by atoms with Gasteiger partial charge in [0, 0.05) is 31.3 Å². The van der Waals surface area contributed by atoms with Crippen LogP contribution in [0.15, 0.2) is 164 Å². The van der Waals surface area contributed by atoms with Gasteiger partial charge in [-0.25, -0.2) is 15.0 Å². The molecule has 0 N–H and O–H groups in total. The standard InChI is InChI=1S/C51H33N3S/c1-3-4-27-44-31(2)46-39(22-15-28-45(46)55-44)50-53-48(32-16-6-5-7-17-32)52-49(54-50)38-30-29-37-35-20-10-13-25-42(35)51(43-26-14-21-36(38)47(37)43)40-23-11-8-18-33(40)34-19-9-12-24-41(34)51/h3-30H,2H2,1H3/b4-3-,44-27+. The normalized spacial score (nSPS) is 13.8. The molecule has 0 atom stereocenters. The molecule has 3 nitrogen and oxygen atoms in total. The van der Waals surface area contributed by atoms with E-state index < -0.39 is 5.41 Å². The van der Waals surface area contributed by atoms with E-state index in [1.807, 2.05) is 31.2 Å². The van der Waals surface area contributed by atoms with Crippen molar-refractivity contribution in [1.82, 2.24) is 15.0 Å². The lowest BCUT2D eigenvalue weighted by Crippen LogP contribution is -2.31. The van der Waals surface area contributed by atoms with Crippen LogP contribution in [0.3, 0.4) is 0 Å². The first-order valence-corrected chi connectivity index (χ1v) is 19.5. The summed E-state index contributed by atoms with van der Waals surface area (Å²) in [6, 6.07) is 54.8. The Labute approximate surface area is 323 Å². The predicted octanol–water partition coefficient (Wildman–Crippen LogP) is 11.4. The third-order valence-corrected chi connectivity index (χ3v) is 12.6. The second-order valence-corrected chi connectivity index (χ2v) is 15.3. The number of hydrogen-bond acceptors (Lipinski definition) is 4. The molecule has 0 bridgehead atoms. The van der Waals surface area contributed by atoms with Crippen LogP contribution in [0.4, 0.5) is 0 Å². The maximum Gasteiger partial charge on any atom is 0.164 e. The Kier molecular flexibility index (Phi) is 7.01. The zero-order chi connectivity index (χ0) is 36.7. The van der Waals surface area contributed by atoms with E-state index in [0.717, 1.165) is 41.9 Å². The third-order valence-electron chi connectivity index (χ3n) is 11.5. The molecule has 2 aliphatic carbocycles. The van der Waals surface area contributed by atoms with Crippen molar-refractivity contribution >= 4 is 44.9 Å². The summed E-state index contributed by atoms with van der Waals surface area (Å²) in [5.74, 6) is 1.92. The third kappa shape index (κ3) is 4.46. The van der Waals surface area contributed by atoms with Crippen LogP contribution in [0.1, 0.15) is 29.2 Å². The molecule has 9 aromatic rings. The fourth-order valence-corrected chi connectivity index (χ4v) is 10.3. The van der Waals surface area contributed by atoms with Crippen molar-refractivity contribution in [2.75, 3.05) is 0 Å². The highest BCUT2D eigenvalue weighted by molar-refractivity contribution is 7.17. The molecule has 4 heteroatoms. The minimum Gasteiger partial charge on any atom is -0.208 e. The van der Waals surface area contributed by atoms with Gasteiger partial charge in [-0.15, -0.1) is 11.3 Å². The second kappa shape index (κ2) is 12.1. The first-order valence-electron chi connectivity index (χ1n) is 18.7. The van der Waals surface area contributed by atoms with Crippen LogP contribution in [0, 0.1) is 0 Å². The largest absolute Gasteiger partial charge is 0.208 e. The summed E-state index contributed by atoms with van der Waals surface area (Å²) < 4.78 is 2.29. The molecular weight excluding hydrogens is 687 g/mol. The predicted molar refractivity (Wildman–Crippen MR) is 229 cm³/mol. The van der Waals surface area contributed by atoms with Gasteiger partial charge in [0.15, 0.2) is 17.5 Å². The molecule has 0 saturated carbocycles. The summed E-state index contributed by atoms with van der Waals surface area (Å²) in [5.41, 5.74) is 12.7. The van der Waals surface area contributed by atoms with E-state index in [9.17, 15) is 0 Å². The molecule has 7 aromatic carbocycles. The average Bonchev–Trinajstić information content (AvgIpc) is 3.73. The summed E-state index contributed by atoms with van der Waals surface area (Å²) in [6.45, 7) is 6.57. The first kappa shape index (κ1) is 31.7. The van der Waals surface area contributed by atoms with Gasteiger partial charge in [0.05, 0.1) is 5.41 Å². The zero-order valence-corrected chi connectivity index (χ0v) is 30.9.